The fourth-order valence-electron chi connectivity index (χ4n) is 5.16. The highest BCUT2D eigenvalue weighted by Crippen LogP contribution is 2.33. The van der Waals surface area contributed by atoms with Crippen molar-refractivity contribution in [3.8, 4) is 33.8 Å². The van der Waals surface area contributed by atoms with Crippen LogP contribution in [0.4, 0.5) is 0 Å². The third-order valence-corrected chi connectivity index (χ3v) is 7.68. The van der Waals surface area contributed by atoms with Gasteiger partial charge in [-0.05, 0) is 77.6 Å². The maximum absolute atomic E-state index is 4.95. The van der Waals surface area contributed by atoms with Gasteiger partial charge in [0, 0.05) is 41.6 Å². The number of fused-ring (bicyclic) bond motifs is 2. The third kappa shape index (κ3) is 3.88. The smallest absolute Gasteiger partial charge is 0.159 e. The van der Waals surface area contributed by atoms with Gasteiger partial charge in [-0.3, -0.25) is 20.0 Å². The molecule has 1 aromatic carbocycles. The van der Waals surface area contributed by atoms with Gasteiger partial charge >= 0.3 is 0 Å². The highest BCUT2D eigenvalue weighted by atomic mass is 32.1. The van der Waals surface area contributed by atoms with E-state index in [9.17, 15) is 0 Å². The molecule has 7 nitrogen and oxygen atoms in total. The molecule has 1 saturated heterocycles. The number of nitrogens with zero attached hydrogens (tertiary/aromatic N) is 5. The lowest BCUT2D eigenvalue weighted by Gasteiger charge is -2.26. The minimum atomic E-state index is 0.731. The van der Waals surface area contributed by atoms with Gasteiger partial charge in [0.25, 0.3) is 0 Å². The van der Waals surface area contributed by atoms with Crippen LogP contribution in [0.3, 0.4) is 0 Å². The second kappa shape index (κ2) is 8.96. The van der Waals surface area contributed by atoms with Gasteiger partial charge in [0.05, 0.1) is 17.2 Å². The number of nitrogens with one attached hydrogen (secondary N) is 2. The van der Waals surface area contributed by atoms with Crippen LogP contribution in [0.25, 0.3) is 55.7 Å². The van der Waals surface area contributed by atoms with Crippen molar-refractivity contribution in [1.29, 1.82) is 0 Å². The van der Waals surface area contributed by atoms with E-state index in [1.165, 1.54) is 37.9 Å². The summed E-state index contributed by atoms with van der Waals surface area (Å²) >= 11 is 1.67. The molecule has 8 heteroatoms. The predicted molar refractivity (Wildman–Crippen MR) is 145 cm³/mol. The number of hydrogen-bond donors (Lipinski definition) is 2. The molecule has 1 aliphatic heterocycles. The fraction of sp³-hybridized carbons (Fsp3) is 0.214. The zero-order chi connectivity index (χ0) is 23.9. The number of pyridine rings is 2. The van der Waals surface area contributed by atoms with Gasteiger partial charge < -0.3 is 4.98 Å². The summed E-state index contributed by atoms with van der Waals surface area (Å²) in [7, 11) is 0. The predicted octanol–water partition coefficient (Wildman–Crippen LogP) is 6.28. The molecule has 178 valence electrons. The van der Waals surface area contributed by atoms with E-state index >= 15 is 0 Å². The van der Waals surface area contributed by atoms with Crippen LogP contribution in [-0.4, -0.2) is 48.1 Å². The van der Waals surface area contributed by atoms with Crippen LogP contribution in [0.2, 0.25) is 0 Å². The first-order valence-electron chi connectivity index (χ1n) is 12.3. The molecular formula is C28H25N7S. The quantitative estimate of drug-likeness (QED) is 0.296. The Morgan fingerprint density at radius 1 is 0.861 bits per heavy atom. The summed E-state index contributed by atoms with van der Waals surface area (Å²) in [5.41, 5.74) is 9.22. The van der Waals surface area contributed by atoms with Gasteiger partial charge in [-0.15, -0.1) is 0 Å². The number of likely N-dealkylation sites (tertiary alicyclic amines) is 1. The minimum absolute atomic E-state index is 0.731. The first-order chi connectivity index (χ1) is 17.8. The molecule has 6 heterocycles. The molecule has 6 aromatic rings. The number of hydrogen-bond acceptors (Lipinski definition) is 6. The second-order valence-electron chi connectivity index (χ2n) is 9.43. The molecular weight excluding hydrogens is 466 g/mol. The van der Waals surface area contributed by atoms with Gasteiger partial charge in [0.15, 0.2) is 5.82 Å². The van der Waals surface area contributed by atoms with E-state index in [0.29, 0.717) is 0 Å². The van der Waals surface area contributed by atoms with Crippen LogP contribution in [0.5, 0.6) is 0 Å². The van der Waals surface area contributed by atoms with E-state index in [0.717, 1.165) is 62.3 Å². The maximum atomic E-state index is 4.95. The number of aromatic nitrogens is 6. The van der Waals surface area contributed by atoms with Crippen molar-refractivity contribution in [3.05, 3.63) is 71.4 Å². The van der Waals surface area contributed by atoms with Gasteiger partial charge in [0.1, 0.15) is 11.2 Å². The highest BCUT2D eigenvalue weighted by molar-refractivity contribution is 7.08. The summed E-state index contributed by atoms with van der Waals surface area (Å²) in [5.74, 6) is 0.731. The molecule has 2 N–H and O–H groups in total. The van der Waals surface area contributed by atoms with Crippen LogP contribution in [-0.2, 0) is 6.54 Å². The summed E-state index contributed by atoms with van der Waals surface area (Å²) in [6, 6.07) is 10.8. The van der Waals surface area contributed by atoms with Gasteiger partial charge in [-0.25, -0.2) is 4.98 Å². The lowest BCUT2D eigenvalue weighted by molar-refractivity contribution is 0.220. The summed E-state index contributed by atoms with van der Waals surface area (Å²) in [4.78, 5) is 19.9. The monoisotopic (exact) mass is 491 g/mol. The average Bonchev–Trinajstić information content (AvgIpc) is 3.68. The molecule has 0 spiro atoms. The Morgan fingerprint density at radius 2 is 1.78 bits per heavy atom. The van der Waals surface area contributed by atoms with Crippen molar-refractivity contribution in [2.45, 2.75) is 25.8 Å². The van der Waals surface area contributed by atoms with Crippen LogP contribution in [0.1, 0.15) is 24.8 Å². The average molecular weight is 492 g/mol. The van der Waals surface area contributed by atoms with Crippen molar-refractivity contribution < 1.29 is 0 Å². The first-order valence-corrected chi connectivity index (χ1v) is 13.3. The molecule has 0 bridgehead atoms. The molecule has 5 aromatic heterocycles. The van der Waals surface area contributed by atoms with Crippen LogP contribution >= 0.6 is 11.3 Å². The van der Waals surface area contributed by atoms with Crippen LogP contribution < -0.4 is 0 Å². The standard InChI is InChI=1S/C28H25N7S/c1-2-7-35(8-3-1)16-18-10-21(13-29-12-18)19-4-5-24-22(11-19)27(34-33-24)28-31-25-15-30-14-23(26(25)32-28)20-6-9-36-17-20/h4-6,9-15,17H,1-3,7-8,16H2,(H,31,32)(H,33,34). The number of rotatable bonds is 5. The Hall–Kier alpha value is -3.88. The van der Waals surface area contributed by atoms with Crippen molar-refractivity contribution in [2.24, 2.45) is 0 Å². The number of thiophene rings is 1. The molecule has 0 radical (unpaired) electrons. The topological polar surface area (TPSA) is 86.4 Å². The van der Waals surface area contributed by atoms with Crippen LogP contribution in [0, 0.1) is 0 Å². The number of piperidine rings is 1. The molecule has 0 saturated carbocycles. The Bertz CT molecular complexity index is 1660. The fourth-order valence-corrected chi connectivity index (χ4v) is 5.81. The van der Waals surface area contributed by atoms with E-state index in [4.69, 9.17) is 4.98 Å². The SMILES string of the molecule is c1cc(-c2cncc3[nH]c(-c4n[nH]c5ccc(-c6cncc(CN7CCCCC7)c6)cc45)nc23)cs1. The largest absolute Gasteiger partial charge is 0.335 e. The van der Waals surface area contributed by atoms with E-state index < -0.39 is 0 Å². The molecule has 0 amide bonds. The van der Waals surface area contributed by atoms with E-state index in [1.807, 2.05) is 24.8 Å². The molecule has 0 unspecified atom stereocenters. The summed E-state index contributed by atoms with van der Waals surface area (Å²) in [6.45, 7) is 3.31. The summed E-state index contributed by atoms with van der Waals surface area (Å²) in [6.07, 6.45) is 11.6. The Labute approximate surface area is 212 Å². The molecule has 0 atom stereocenters. The number of imidazole rings is 1. The Balaban J connectivity index is 1.26. The van der Waals surface area contributed by atoms with Crippen molar-refractivity contribution in [2.75, 3.05) is 13.1 Å². The zero-order valence-electron chi connectivity index (χ0n) is 19.7. The van der Waals surface area contributed by atoms with Crippen molar-refractivity contribution >= 4 is 33.3 Å². The van der Waals surface area contributed by atoms with Crippen molar-refractivity contribution in [3.63, 3.8) is 0 Å². The Kier molecular flexibility index (Phi) is 5.33. The molecule has 0 aliphatic carbocycles. The van der Waals surface area contributed by atoms with E-state index in [2.05, 4.69) is 71.1 Å². The molecule has 1 fully saturated rings. The normalized spacial score (nSPS) is 14.7. The van der Waals surface area contributed by atoms with Gasteiger partial charge in [-0.2, -0.15) is 16.4 Å². The second-order valence-corrected chi connectivity index (χ2v) is 10.2. The number of aromatic amines is 2. The lowest BCUT2D eigenvalue weighted by Crippen LogP contribution is -2.29. The lowest BCUT2D eigenvalue weighted by atomic mass is 10.0. The highest BCUT2D eigenvalue weighted by Gasteiger charge is 2.17. The van der Waals surface area contributed by atoms with Crippen molar-refractivity contribution in [1.82, 2.24) is 35.0 Å². The minimum Gasteiger partial charge on any atom is -0.335 e. The molecule has 36 heavy (non-hydrogen) atoms. The number of H-pyrrole nitrogens is 2. The van der Waals surface area contributed by atoms with Gasteiger partial charge in [0.2, 0.25) is 0 Å². The maximum Gasteiger partial charge on any atom is 0.159 e. The third-order valence-electron chi connectivity index (χ3n) is 7.00. The first kappa shape index (κ1) is 21.4. The molecule has 7 rings (SSSR count). The molecule has 1 aliphatic rings. The van der Waals surface area contributed by atoms with Crippen LogP contribution in [0.15, 0.2) is 65.9 Å². The Morgan fingerprint density at radius 3 is 2.67 bits per heavy atom. The van der Waals surface area contributed by atoms with Gasteiger partial charge in [-0.1, -0.05) is 12.5 Å². The van der Waals surface area contributed by atoms with E-state index in [-0.39, 0.29) is 0 Å². The summed E-state index contributed by atoms with van der Waals surface area (Å²) < 4.78 is 0. The summed E-state index contributed by atoms with van der Waals surface area (Å²) in [5, 5.41) is 13.0. The van der Waals surface area contributed by atoms with E-state index in [1.54, 1.807) is 11.3 Å². The number of benzene rings is 1. The zero-order valence-corrected chi connectivity index (χ0v) is 20.6.